The summed E-state index contributed by atoms with van der Waals surface area (Å²) in [7, 11) is 0. The number of rotatable bonds is 0. The van der Waals surface area contributed by atoms with E-state index in [9.17, 15) is 0 Å². The van der Waals surface area contributed by atoms with E-state index < -0.39 is 0 Å². The molecule has 4 heavy (non-hydrogen) atoms. The van der Waals surface area contributed by atoms with E-state index >= 15 is 0 Å². The smallest absolute Gasteiger partial charge is 0 e. The van der Waals surface area contributed by atoms with Crippen LogP contribution in [0.15, 0.2) is 0 Å². The molecule has 0 aliphatic heterocycles. The van der Waals surface area contributed by atoms with E-state index in [1.807, 2.05) is 0 Å². The minimum atomic E-state index is 0. The molecule has 0 nitrogen and oxygen atoms in total. The van der Waals surface area contributed by atoms with E-state index in [0.717, 1.165) is 0 Å². The maximum atomic E-state index is 4.08. The molecule has 0 aromatic rings. The molecule has 0 amide bonds. The molecule has 0 radical (unpaired) electrons. The zero-order valence-electron chi connectivity index (χ0n) is 2.52. The van der Waals surface area contributed by atoms with Crippen LogP contribution in [0, 0.1) is 0 Å². The van der Waals surface area contributed by atoms with E-state index in [0.29, 0.717) is 0 Å². The standard InChI is InChI=1S/CH4S.ClH.Zn/c1-2;;/h2H,1H3;1H;/p-1. The average molecular weight is 149 g/mol. The second-order valence-electron chi connectivity index (χ2n) is 0. The number of hydrogen-bond acceptors (Lipinski definition) is 1. The van der Waals surface area contributed by atoms with Crippen LogP contribution in [-0.2, 0) is 32.1 Å². The van der Waals surface area contributed by atoms with Gasteiger partial charge >= 0.3 is 0 Å². The van der Waals surface area contributed by atoms with Gasteiger partial charge in [0.1, 0.15) is 0 Å². The first-order valence-electron chi connectivity index (χ1n) is 0.408. The Balaban J connectivity index is -0.00000000500. The van der Waals surface area contributed by atoms with Crippen molar-refractivity contribution >= 4 is 25.0 Å². The van der Waals surface area contributed by atoms with Gasteiger partial charge < -0.3 is 12.6 Å². The van der Waals surface area contributed by atoms with Crippen LogP contribution in [0.2, 0.25) is 0 Å². The molecule has 0 bridgehead atoms. The number of hydrogen-bond donors (Lipinski definition) is 0. The fourth-order valence-corrected chi connectivity index (χ4v) is 0. The summed E-state index contributed by atoms with van der Waals surface area (Å²) in [5, 5.41) is 0. The predicted molar refractivity (Wildman–Crippen MR) is 20.5 cm³/mol. The first kappa shape index (κ1) is 18.7. The minimum Gasteiger partial charge on any atom is -0.796 e. The van der Waals surface area contributed by atoms with E-state index in [1.54, 1.807) is 6.26 Å². The van der Waals surface area contributed by atoms with Gasteiger partial charge in [0.15, 0.2) is 0 Å². The van der Waals surface area contributed by atoms with Gasteiger partial charge in [0.05, 0.1) is 0 Å². The zero-order chi connectivity index (χ0) is 2.00. The molecular formula is CH4ClSZn-. The van der Waals surface area contributed by atoms with Crippen molar-refractivity contribution in [2.24, 2.45) is 0 Å². The average Bonchev–Trinajstić information content (AvgIpc) is 1.00. The van der Waals surface area contributed by atoms with Crippen molar-refractivity contribution in [3.05, 3.63) is 0 Å². The molecule has 0 aromatic carbocycles. The Hall–Kier alpha value is 1.26. The largest absolute Gasteiger partial charge is 0.796 e. The molecule has 0 atom stereocenters. The number of halogens is 1. The van der Waals surface area contributed by atoms with Crippen molar-refractivity contribution in [2.45, 2.75) is 0 Å². The van der Waals surface area contributed by atoms with Gasteiger partial charge in [-0.3, -0.25) is 0 Å². The Bertz CT molecular complexity index is 8.00. The van der Waals surface area contributed by atoms with Crippen molar-refractivity contribution in [2.75, 3.05) is 6.26 Å². The van der Waals surface area contributed by atoms with Crippen LogP contribution in [0.5, 0.6) is 0 Å². The molecule has 0 unspecified atom stereocenters. The van der Waals surface area contributed by atoms with Crippen LogP contribution in [0.1, 0.15) is 0 Å². The maximum absolute atomic E-state index is 4.08. The second-order valence-corrected chi connectivity index (χ2v) is 0. The summed E-state index contributed by atoms with van der Waals surface area (Å²) >= 11 is 4.08. The van der Waals surface area contributed by atoms with Crippen LogP contribution < -0.4 is 0 Å². The van der Waals surface area contributed by atoms with Gasteiger partial charge in [0, 0.05) is 19.5 Å². The molecule has 0 saturated carbocycles. The van der Waals surface area contributed by atoms with E-state index in [2.05, 4.69) is 12.6 Å². The fraction of sp³-hybridized carbons (Fsp3) is 1.00. The van der Waals surface area contributed by atoms with Crippen molar-refractivity contribution < 1.29 is 19.5 Å². The Kier molecular flexibility index (Phi) is 133. The first-order chi connectivity index (χ1) is 1.00. The predicted octanol–water partition coefficient (Wildman–Crippen LogP) is 0.582. The van der Waals surface area contributed by atoms with E-state index in [4.69, 9.17) is 0 Å². The van der Waals surface area contributed by atoms with Crippen LogP contribution in [0.25, 0.3) is 0 Å². The molecule has 0 spiro atoms. The molecule has 0 rings (SSSR count). The summed E-state index contributed by atoms with van der Waals surface area (Å²) in [5.41, 5.74) is 0. The van der Waals surface area contributed by atoms with Gasteiger partial charge in [-0.2, -0.15) is 6.26 Å². The van der Waals surface area contributed by atoms with Gasteiger partial charge in [0.25, 0.3) is 0 Å². The Morgan fingerprint density at radius 1 is 1.25 bits per heavy atom. The van der Waals surface area contributed by atoms with Gasteiger partial charge in [0.2, 0.25) is 0 Å². The third-order valence-electron chi connectivity index (χ3n) is 0. The van der Waals surface area contributed by atoms with E-state index in [1.165, 1.54) is 0 Å². The Labute approximate surface area is 50.9 Å². The third-order valence-corrected chi connectivity index (χ3v) is 0. The summed E-state index contributed by atoms with van der Waals surface area (Å²) in [5.74, 6) is 0. The monoisotopic (exact) mass is 147 g/mol. The SMILES string of the molecule is C[S-].Cl.[Zn]. The molecule has 0 saturated heterocycles. The van der Waals surface area contributed by atoms with Crippen LogP contribution >= 0.6 is 12.4 Å². The van der Waals surface area contributed by atoms with E-state index in [-0.39, 0.29) is 31.9 Å². The topological polar surface area (TPSA) is 0 Å². The first-order valence-corrected chi connectivity index (χ1v) is 1.22. The quantitative estimate of drug-likeness (QED) is 0.358. The summed E-state index contributed by atoms with van der Waals surface area (Å²) in [6.45, 7) is 0. The molecule has 0 N–H and O–H groups in total. The normalized spacial score (nSPS) is 1.50. The fourth-order valence-electron chi connectivity index (χ4n) is 0. The van der Waals surface area contributed by atoms with Gasteiger partial charge in [-0.05, 0) is 0 Å². The molecule has 3 heteroatoms. The Morgan fingerprint density at radius 3 is 1.25 bits per heavy atom. The molecule has 24 valence electrons. The van der Waals surface area contributed by atoms with Crippen LogP contribution in [0.4, 0.5) is 0 Å². The molecule has 0 fully saturated rings. The van der Waals surface area contributed by atoms with Crippen molar-refractivity contribution in [3.63, 3.8) is 0 Å². The van der Waals surface area contributed by atoms with Crippen molar-refractivity contribution in [1.29, 1.82) is 0 Å². The molecule has 0 aliphatic carbocycles. The molecule has 0 aromatic heterocycles. The van der Waals surface area contributed by atoms with Gasteiger partial charge in [-0.1, -0.05) is 0 Å². The molecule has 0 aliphatic rings. The third kappa shape index (κ3) is 10.5. The van der Waals surface area contributed by atoms with Crippen molar-refractivity contribution in [1.82, 2.24) is 0 Å². The summed E-state index contributed by atoms with van der Waals surface area (Å²) < 4.78 is 0. The minimum absolute atomic E-state index is 0. The zero-order valence-corrected chi connectivity index (χ0v) is 7.12. The maximum Gasteiger partial charge on any atom is 0 e. The van der Waals surface area contributed by atoms with Crippen LogP contribution in [0.3, 0.4) is 0 Å². The second kappa shape index (κ2) is 28.4. The van der Waals surface area contributed by atoms with Crippen molar-refractivity contribution in [3.8, 4) is 0 Å². The summed E-state index contributed by atoms with van der Waals surface area (Å²) in [4.78, 5) is 0. The molecule has 0 heterocycles. The van der Waals surface area contributed by atoms with Gasteiger partial charge in [-0.15, -0.1) is 12.4 Å². The van der Waals surface area contributed by atoms with Gasteiger partial charge in [-0.25, -0.2) is 0 Å². The summed E-state index contributed by atoms with van der Waals surface area (Å²) in [6.07, 6.45) is 1.58. The van der Waals surface area contributed by atoms with Crippen LogP contribution in [-0.4, -0.2) is 6.26 Å². The Morgan fingerprint density at radius 2 is 1.25 bits per heavy atom. The summed E-state index contributed by atoms with van der Waals surface area (Å²) in [6, 6.07) is 0. The molecular weight excluding hydrogens is 145 g/mol.